The lowest BCUT2D eigenvalue weighted by Gasteiger charge is -1.97. The van der Waals surface area contributed by atoms with E-state index in [1.54, 1.807) is 12.4 Å². The van der Waals surface area contributed by atoms with Crippen molar-refractivity contribution < 1.29 is 0 Å². The molecule has 66 valence electrons. The minimum Gasteiger partial charge on any atom is -0.258 e. The Morgan fingerprint density at radius 3 is 2.62 bits per heavy atom. The molecule has 0 unspecified atom stereocenters. The van der Waals surface area contributed by atoms with Crippen LogP contribution in [-0.4, -0.2) is 19.7 Å². The summed E-state index contributed by atoms with van der Waals surface area (Å²) in [6.45, 7) is 0. The van der Waals surface area contributed by atoms with Crippen molar-refractivity contribution >= 4 is 23.2 Å². The van der Waals surface area contributed by atoms with Crippen molar-refractivity contribution in [1.29, 1.82) is 0 Å². The Labute approximate surface area is 84.1 Å². The van der Waals surface area contributed by atoms with Crippen LogP contribution in [0, 0.1) is 0 Å². The van der Waals surface area contributed by atoms with E-state index >= 15 is 0 Å². The maximum Gasteiger partial charge on any atom is 0.173 e. The predicted octanol–water partition coefficient (Wildman–Crippen LogP) is 1.97. The molecule has 0 N–H and O–H groups in total. The minimum absolute atomic E-state index is 0.323. The van der Waals surface area contributed by atoms with Crippen LogP contribution in [0.25, 0.3) is 5.82 Å². The van der Waals surface area contributed by atoms with Crippen LogP contribution in [0.2, 0.25) is 10.2 Å². The lowest BCUT2D eigenvalue weighted by atomic mass is 10.6. The van der Waals surface area contributed by atoms with E-state index in [9.17, 15) is 0 Å². The molecule has 0 saturated heterocycles. The van der Waals surface area contributed by atoms with Crippen molar-refractivity contribution in [3.05, 3.63) is 35.0 Å². The smallest absolute Gasteiger partial charge is 0.173 e. The van der Waals surface area contributed by atoms with E-state index < -0.39 is 0 Å². The molecule has 13 heavy (non-hydrogen) atoms. The first-order valence-electron chi connectivity index (χ1n) is 3.44. The monoisotopic (exact) mass is 214 g/mol. The largest absolute Gasteiger partial charge is 0.258 e. The predicted molar refractivity (Wildman–Crippen MR) is 49.2 cm³/mol. The number of halogens is 2. The molecule has 0 aliphatic heterocycles. The van der Waals surface area contributed by atoms with Crippen molar-refractivity contribution in [1.82, 2.24) is 19.7 Å². The molecule has 0 atom stereocenters. The molecule has 0 saturated carbocycles. The number of rotatable bonds is 1. The van der Waals surface area contributed by atoms with Crippen LogP contribution in [0.3, 0.4) is 0 Å². The molecule has 2 aromatic rings. The van der Waals surface area contributed by atoms with E-state index in [0.717, 1.165) is 0 Å². The van der Waals surface area contributed by atoms with Crippen LogP contribution in [0.15, 0.2) is 24.8 Å². The number of aromatic nitrogens is 4. The molecule has 0 fully saturated rings. The summed E-state index contributed by atoms with van der Waals surface area (Å²) in [5.41, 5.74) is 0. The second-order valence-corrected chi connectivity index (χ2v) is 3.13. The van der Waals surface area contributed by atoms with Crippen molar-refractivity contribution in [3.63, 3.8) is 0 Å². The summed E-state index contributed by atoms with van der Waals surface area (Å²) >= 11 is 11.3. The van der Waals surface area contributed by atoms with Crippen LogP contribution in [-0.2, 0) is 0 Å². The second-order valence-electron chi connectivity index (χ2n) is 2.30. The zero-order chi connectivity index (χ0) is 9.26. The molecule has 4 nitrogen and oxygen atoms in total. The van der Waals surface area contributed by atoms with Crippen molar-refractivity contribution in [3.8, 4) is 5.82 Å². The van der Waals surface area contributed by atoms with Crippen molar-refractivity contribution in [2.75, 3.05) is 0 Å². The summed E-state index contributed by atoms with van der Waals surface area (Å²) in [5.74, 6) is 0.541. The average molecular weight is 215 g/mol. The molecule has 6 heteroatoms. The van der Waals surface area contributed by atoms with Crippen LogP contribution < -0.4 is 0 Å². The fourth-order valence-electron chi connectivity index (χ4n) is 0.869. The van der Waals surface area contributed by atoms with Gasteiger partial charge in [0.15, 0.2) is 5.82 Å². The molecule has 2 aromatic heterocycles. The van der Waals surface area contributed by atoms with Gasteiger partial charge in [-0.25, -0.2) is 9.67 Å². The van der Waals surface area contributed by atoms with Crippen LogP contribution in [0.4, 0.5) is 0 Å². The molecule has 0 aromatic carbocycles. The Morgan fingerprint density at radius 1 is 1.15 bits per heavy atom. The van der Waals surface area contributed by atoms with Crippen molar-refractivity contribution in [2.45, 2.75) is 0 Å². The highest BCUT2D eigenvalue weighted by molar-refractivity contribution is 6.30. The maximum atomic E-state index is 5.69. The molecule has 0 bridgehead atoms. The summed E-state index contributed by atoms with van der Waals surface area (Å²) in [6.07, 6.45) is 6.15. The Balaban J connectivity index is 2.46. The van der Waals surface area contributed by atoms with Crippen LogP contribution >= 0.6 is 23.2 Å². The lowest BCUT2D eigenvalue weighted by Crippen LogP contribution is -1.98. The van der Waals surface area contributed by atoms with E-state index in [0.29, 0.717) is 16.0 Å². The molecule has 2 rings (SSSR count). The summed E-state index contributed by atoms with van der Waals surface area (Å²) < 4.78 is 1.50. The summed E-state index contributed by atoms with van der Waals surface area (Å²) in [4.78, 5) is 7.87. The van der Waals surface area contributed by atoms with Crippen LogP contribution in [0.1, 0.15) is 0 Å². The lowest BCUT2D eigenvalue weighted by molar-refractivity contribution is 0.838. The van der Waals surface area contributed by atoms with Gasteiger partial charge in [0.25, 0.3) is 0 Å². The minimum atomic E-state index is 0.323. The Morgan fingerprint density at radius 2 is 2.00 bits per heavy atom. The third-order valence-electron chi connectivity index (χ3n) is 1.38. The zero-order valence-electron chi connectivity index (χ0n) is 6.35. The van der Waals surface area contributed by atoms with Gasteiger partial charge in [-0.2, -0.15) is 5.10 Å². The summed E-state index contributed by atoms with van der Waals surface area (Å²) in [6, 6.07) is 0. The summed E-state index contributed by atoms with van der Waals surface area (Å²) in [5, 5.41) is 4.82. The van der Waals surface area contributed by atoms with Gasteiger partial charge >= 0.3 is 0 Å². The first kappa shape index (κ1) is 8.47. The quantitative estimate of drug-likeness (QED) is 0.730. The fraction of sp³-hybridized carbons (Fsp3) is 0. The van der Waals surface area contributed by atoms with Gasteiger partial charge in [-0.1, -0.05) is 23.2 Å². The van der Waals surface area contributed by atoms with Gasteiger partial charge in [0.2, 0.25) is 0 Å². The zero-order valence-corrected chi connectivity index (χ0v) is 7.87. The maximum absolute atomic E-state index is 5.69. The highest BCUT2D eigenvalue weighted by Crippen LogP contribution is 2.10. The van der Waals surface area contributed by atoms with Gasteiger partial charge in [-0.3, -0.25) is 4.98 Å². The van der Waals surface area contributed by atoms with Gasteiger partial charge in [0.1, 0.15) is 5.15 Å². The fourth-order valence-corrected chi connectivity index (χ4v) is 1.15. The number of nitrogens with zero attached hydrogens (tertiary/aromatic N) is 4. The second kappa shape index (κ2) is 3.32. The number of hydrogen-bond donors (Lipinski definition) is 0. The van der Waals surface area contributed by atoms with E-state index in [1.807, 2.05) is 0 Å². The average Bonchev–Trinajstić information content (AvgIpc) is 2.52. The molecule has 0 aliphatic carbocycles. The topological polar surface area (TPSA) is 43.6 Å². The third-order valence-corrected chi connectivity index (χ3v) is 1.76. The molecule has 2 heterocycles. The Hall–Kier alpha value is -1.13. The van der Waals surface area contributed by atoms with E-state index in [-0.39, 0.29) is 0 Å². The van der Waals surface area contributed by atoms with E-state index in [2.05, 4.69) is 15.1 Å². The molecule has 0 spiro atoms. The van der Waals surface area contributed by atoms with E-state index in [1.165, 1.54) is 17.1 Å². The molecular weight excluding hydrogens is 211 g/mol. The third kappa shape index (κ3) is 1.79. The highest BCUT2D eigenvalue weighted by atomic mass is 35.5. The number of hydrogen-bond acceptors (Lipinski definition) is 3. The SMILES string of the molecule is Clc1cnn(-c2cncc(Cl)n2)c1. The first-order chi connectivity index (χ1) is 6.25. The van der Waals surface area contributed by atoms with Gasteiger partial charge in [0.05, 0.1) is 29.8 Å². The normalized spacial score (nSPS) is 10.3. The first-order valence-corrected chi connectivity index (χ1v) is 4.19. The van der Waals surface area contributed by atoms with E-state index in [4.69, 9.17) is 23.2 Å². The molecule has 0 radical (unpaired) electrons. The highest BCUT2D eigenvalue weighted by Gasteiger charge is 2.00. The molecule has 0 aliphatic rings. The standard InChI is InChI=1S/C7H4Cl2N4/c8-5-1-11-13(4-5)7-3-10-2-6(9)12-7/h1-4H. The van der Waals surface area contributed by atoms with Gasteiger partial charge in [-0.15, -0.1) is 0 Å². The van der Waals surface area contributed by atoms with Gasteiger partial charge in [0, 0.05) is 0 Å². The molecular formula is C7H4Cl2N4. The van der Waals surface area contributed by atoms with Crippen molar-refractivity contribution in [2.24, 2.45) is 0 Å². The summed E-state index contributed by atoms with van der Waals surface area (Å²) in [7, 11) is 0. The Bertz CT molecular complexity index is 426. The Kier molecular flexibility index (Phi) is 2.16. The van der Waals surface area contributed by atoms with Crippen LogP contribution in [0.5, 0.6) is 0 Å². The molecule has 0 amide bonds. The van der Waals surface area contributed by atoms with Gasteiger partial charge < -0.3 is 0 Å². The van der Waals surface area contributed by atoms with Gasteiger partial charge in [-0.05, 0) is 0 Å².